The van der Waals surface area contributed by atoms with Crippen molar-refractivity contribution in [2.45, 2.75) is 48.5 Å². The molecule has 0 aliphatic heterocycles. The van der Waals surface area contributed by atoms with E-state index >= 15 is 0 Å². The third-order valence-electron chi connectivity index (χ3n) is 4.32. The van der Waals surface area contributed by atoms with Crippen molar-refractivity contribution >= 4 is 12.3 Å². The van der Waals surface area contributed by atoms with E-state index in [4.69, 9.17) is 0 Å². The van der Waals surface area contributed by atoms with E-state index < -0.39 is 0 Å². The van der Waals surface area contributed by atoms with Crippen LogP contribution in [0.4, 0.5) is 0 Å². The Hall–Kier alpha value is -2.81. The fourth-order valence-electron chi connectivity index (χ4n) is 2.42. The fourth-order valence-corrected chi connectivity index (χ4v) is 2.42. The quantitative estimate of drug-likeness (QED) is 0.397. The lowest BCUT2D eigenvalue weighted by Crippen LogP contribution is -2.18. The predicted octanol–water partition coefficient (Wildman–Crippen LogP) is 6.57. The van der Waals surface area contributed by atoms with Crippen molar-refractivity contribution in [3.63, 3.8) is 0 Å². The summed E-state index contributed by atoms with van der Waals surface area (Å²) >= 11 is 0. The normalized spacial score (nSPS) is 14.4. The van der Waals surface area contributed by atoms with E-state index in [2.05, 4.69) is 74.2 Å². The second-order valence-electron chi connectivity index (χ2n) is 7.69. The molecule has 0 fully saturated rings. The molecule has 0 saturated carbocycles. The van der Waals surface area contributed by atoms with Gasteiger partial charge in [-0.15, -0.1) is 0 Å². The van der Waals surface area contributed by atoms with E-state index in [1.54, 1.807) is 0 Å². The number of nitrogens with zero attached hydrogens (tertiary/aromatic N) is 1. The van der Waals surface area contributed by atoms with Crippen molar-refractivity contribution in [3.05, 3.63) is 89.2 Å². The number of allylic oxidation sites excluding steroid dienone is 4. The molecule has 0 spiro atoms. The second-order valence-corrected chi connectivity index (χ2v) is 7.69. The third-order valence-corrected chi connectivity index (χ3v) is 4.32. The molecule has 1 aromatic carbocycles. The summed E-state index contributed by atoms with van der Waals surface area (Å²) in [6.07, 6.45) is 9.83. The van der Waals surface area contributed by atoms with Gasteiger partial charge >= 0.3 is 0 Å². The summed E-state index contributed by atoms with van der Waals surface area (Å²) < 4.78 is 0. The van der Waals surface area contributed by atoms with Gasteiger partial charge in [0.25, 0.3) is 0 Å². The van der Waals surface area contributed by atoms with E-state index in [0.29, 0.717) is 0 Å². The van der Waals surface area contributed by atoms with E-state index in [9.17, 15) is 0 Å². The van der Waals surface area contributed by atoms with Gasteiger partial charge in [-0.2, -0.15) is 0 Å². The zero-order valence-electron chi connectivity index (χ0n) is 18.4. The fraction of sp³-hybridized carbons (Fsp3) is 0.320. The highest BCUT2D eigenvalue weighted by atomic mass is 15.0. The topological polar surface area (TPSA) is 36.4 Å². The zero-order valence-corrected chi connectivity index (χ0v) is 18.4. The van der Waals surface area contributed by atoms with Gasteiger partial charge in [0.1, 0.15) is 0 Å². The lowest BCUT2D eigenvalue weighted by atomic mass is 9.86. The van der Waals surface area contributed by atoms with Gasteiger partial charge < -0.3 is 10.6 Å². The zero-order chi connectivity index (χ0) is 21.2. The molecule has 0 bridgehead atoms. The molecule has 0 unspecified atom stereocenters. The van der Waals surface area contributed by atoms with Crippen LogP contribution in [0, 0.1) is 5.41 Å². The number of hydrogen-bond donors (Lipinski definition) is 2. The van der Waals surface area contributed by atoms with Gasteiger partial charge in [-0.1, -0.05) is 63.8 Å². The first-order chi connectivity index (χ1) is 13.2. The summed E-state index contributed by atoms with van der Waals surface area (Å²) in [5.41, 5.74) is 6.07. The SMILES string of the molecule is C=C(N\C(C)=C/C(/N=C\C)=C(/C)C(C)(C)C)/C(=C/c1ccccc1)N/C=C\C. The van der Waals surface area contributed by atoms with Gasteiger partial charge in [0.15, 0.2) is 0 Å². The summed E-state index contributed by atoms with van der Waals surface area (Å²) in [6.45, 7) is 18.9. The second kappa shape index (κ2) is 11.1. The van der Waals surface area contributed by atoms with Gasteiger partial charge in [0.2, 0.25) is 0 Å². The minimum atomic E-state index is 0.0570. The highest BCUT2D eigenvalue weighted by molar-refractivity contribution is 5.58. The number of rotatable bonds is 8. The molecule has 0 aliphatic carbocycles. The Morgan fingerprint density at radius 1 is 1.07 bits per heavy atom. The lowest BCUT2D eigenvalue weighted by Gasteiger charge is -2.21. The van der Waals surface area contributed by atoms with Gasteiger partial charge in [-0.25, -0.2) is 0 Å². The maximum atomic E-state index is 4.57. The molecule has 0 atom stereocenters. The van der Waals surface area contributed by atoms with Crippen molar-refractivity contribution in [3.8, 4) is 0 Å². The molecule has 1 rings (SSSR count). The molecule has 3 heteroatoms. The Balaban J connectivity index is 3.15. The van der Waals surface area contributed by atoms with E-state index in [0.717, 1.165) is 28.4 Å². The average molecular weight is 378 g/mol. The first kappa shape index (κ1) is 23.2. The van der Waals surface area contributed by atoms with Crippen LogP contribution in [0.5, 0.6) is 0 Å². The van der Waals surface area contributed by atoms with Crippen LogP contribution in [0.15, 0.2) is 88.6 Å². The first-order valence-electron chi connectivity index (χ1n) is 9.68. The van der Waals surface area contributed by atoms with Crippen LogP contribution < -0.4 is 10.6 Å². The van der Waals surface area contributed by atoms with Crippen LogP contribution in [-0.2, 0) is 0 Å². The van der Waals surface area contributed by atoms with Gasteiger partial charge in [-0.05, 0) is 62.6 Å². The molecule has 0 amide bonds. The predicted molar refractivity (Wildman–Crippen MR) is 125 cm³/mol. The Labute approximate surface area is 171 Å². The Morgan fingerprint density at radius 2 is 1.71 bits per heavy atom. The van der Waals surface area contributed by atoms with E-state index in [1.807, 2.05) is 57.5 Å². The van der Waals surface area contributed by atoms with Crippen LogP contribution in [0.3, 0.4) is 0 Å². The van der Waals surface area contributed by atoms with Crippen molar-refractivity contribution in [1.82, 2.24) is 10.6 Å². The Kier molecular flexibility index (Phi) is 9.23. The molecule has 2 N–H and O–H groups in total. The van der Waals surface area contributed by atoms with Gasteiger partial charge in [-0.3, -0.25) is 4.99 Å². The van der Waals surface area contributed by atoms with Crippen LogP contribution in [0.1, 0.15) is 54.0 Å². The van der Waals surface area contributed by atoms with Crippen LogP contribution in [0.25, 0.3) is 6.08 Å². The molecule has 3 nitrogen and oxygen atoms in total. The highest BCUT2D eigenvalue weighted by Crippen LogP contribution is 2.28. The minimum Gasteiger partial charge on any atom is -0.360 e. The average Bonchev–Trinajstić information content (AvgIpc) is 2.64. The standard InChI is InChI=1S/C25H35N3/c1-9-16-27-24(18-22-14-12-11-13-15-22)21(5)28-19(3)17-23(26-10-2)20(4)25(6,7)8/h9-18,27-28H,5H2,1-4,6-8H3/b16-9-,19-17-,23-20+,24-18-,26-10-. The molecule has 0 heterocycles. The molecule has 0 aromatic heterocycles. The molecular weight excluding hydrogens is 342 g/mol. The summed E-state index contributed by atoms with van der Waals surface area (Å²) in [4.78, 5) is 4.57. The number of hydrogen-bond acceptors (Lipinski definition) is 3. The molecule has 28 heavy (non-hydrogen) atoms. The smallest absolute Gasteiger partial charge is 0.0637 e. The largest absolute Gasteiger partial charge is 0.360 e. The van der Waals surface area contributed by atoms with Gasteiger partial charge in [0.05, 0.1) is 17.1 Å². The Morgan fingerprint density at radius 3 is 2.25 bits per heavy atom. The van der Waals surface area contributed by atoms with Crippen molar-refractivity contribution in [2.75, 3.05) is 0 Å². The highest BCUT2D eigenvalue weighted by Gasteiger charge is 2.16. The minimum absolute atomic E-state index is 0.0570. The number of nitrogens with one attached hydrogen (secondary N) is 2. The van der Waals surface area contributed by atoms with Crippen LogP contribution in [0.2, 0.25) is 0 Å². The summed E-state index contributed by atoms with van der Waals surface area (Å²) in [5.74, 6) is 0. The number of aliphatic imine (C=N–C) groups is 1. The summed E-state index contributed by atoms with van der Waals surface area (Å²) in [7, 11) is 0. The molecule has 1 aromatic rings. The summed E-state index contributed by atoms with van der Waals surface area (Å²) in [5, 5.41) is 6.70. The molecular formula is C25H35N3. The van der Waals surface area contributed by atoms with Crippen LogP contribution in [-0.4, -0.2) is 6.21 Å². The molecule has 150 valence electrons. The molecule has 0 saturated heterocycles. The molecule has 0 radical (unpaired) electrons. The van der Waals surface area contributed by atoms with Crippen molar-refractivity contribution < 1.29 is 0 Å². The molecule has 0 aliphatic rings. The van der Waals surface area contributed by atoms with Crippen molar-refractivity contribution in [2.24, 2.45) is 10.4 Å². The number of benzene rings is 1. The van der Waals surface area contributed by atoms with Crippen molar-refractivity contribution in [1.29, 1.82) is 0 Å². The van der Waals surface area contributed by atoms with E-state index in [1.165, 1.54) is 5.57 Å². The van der Waals surface area contributed by atoms with Gasteiger partial charge in [0, 0.05) is 11.9 Å². The maximum absolute atomic E-state index is 4.57. The Bertz CT molecular complexity index is 798. The summed E-state index contributed by atoms with van der Waals surface area (Å²) in [6, 6.07) is 10.2. The third kappa shape index (κ3) is 7.83. The van der Waals surface area contributed by atoms with E-state index in [-0.39, 0.29) is 5.41 Å². The first-order valence-corrected chi connectivity index (χ1v) is 9.68. The lowest BCUT2D eigenvalue weighted by molar-refractivity contribution is 0.499. The van der Waals surface area contributed by atoms with Crippen LogP contribution >= 0.6 is 0 Å². The monoisotopic (exact) mass is 377 g/mol. The maximum Gasteiger partial charge on any atom is 0.0637 e.